The van der Waals surface area contributed by atoms with Gasteiger partial charge in [0, 0.05) is 6.04 Å². The van der Waals surface area contributed by atoms with Crippen LogP contribution in [0.3, 0.4) is 0 Å². The highest BCUT2D eigenvalue weighted by Crippen LogP contribution is 2.21. The third-order valence-electron chi connectivity index (χ3n) is 3.81. The summed E-state index contributed by atoms with van der Waals surface area (Å²) in [4.78, 5) is 2.37. The molecule has 0 aromatic rings. The molecule has 0 spiro atoms. The molecule has 110 valence electrons. The van der Waals surface area contributed by atoms with E-state index in [-0.39, 0.29) is 17.0 Å². The van der Waals surface area contributed by atoms with Crippen LogP contribution in [-0.2, 0) is 4.74 Å². The zero-order chi connectivity index (χ0) is 12.5. The van der Waals surface area contributed by atoms with Crippen LogP contribution < -0.4 is 0 Å². The van der Waals surface area contributed by atoms with E-state index < -0.39 is 0 Å². The number of ether oxygens (including phenoxy) is 1. The minimum absolute atomic E-state index is 0. The molecule has 1 rings (SSSR count). The third-order valence-corrected chi connectivity index (χ3v) is 3.81. The van der Waals surface area contributed by atoms with E-state index in [1.807, 2.05) is 0 Å². The predicted molar refractivity (Wildman–Crippen MR) is 84.8 cm³/mol. The predicted octanol–water partition coefficient (Wildman–Crippen LogP) is 4.42. The van der Waals surface area contributed by atoms with E-state index in [9.17, 15) is 0 Å². The van der Waals surface area contributed by atoms with Gasteiger partial charge >= 0.3 is 0 Å². The molecule has 0 aliphatic carbocycles. The molecule has 1 saturated heterocycles. The summed E-state index contributed by atoms with van der Waals surface area (Å²) in [7, 11) is 4.41. The molecule has 0 bridgehead atoms. The average Bonchev–Trinajstić information content (AvgIpc) is 3.10. The number of hydrogen-bond donors (Lipinski definition) is 0. The lowest BCUT2D eigenvalue weighted by Gasteiger charge is -2.23. The van der Waals surface area contributed by atoms with Gasteiger partial charge in [-0.05, 0) is 26.9 Å². The number of nitrogens with zero attached hydrogens (tertiary/aromatic N) is 1. The van der Waals surface area contributed by atoms with E-state index in [1.165, 1.54) is 57.8 Å². The van der Waals surface area contributed by atoms with Gasteiger partial charge in [-0.3, -0.25) is 0 Å². The standard InChI is InChI=1S/C15H31NO.BrH/c1-4-5-6-7-8-9-10-11-14(16(2)3)12-15-13-17-15;/h14-15H,4-13H2,1-3H3;1H. The van der Waals surface area contributed by atoms with Gasteiger partial charge in [0.15, 0.2) is 0 Å². The number of rotatable bonds is 11. The minimum atomic E-state index is 0. The monoisotopic (exact) mass is 321 g/mol. The van der Waals surface area contributed by atoms with Crippen LogP contribution in [-0.4, -0.2) is 37.7 Å². The molecule has 0 radical (unpaired) electrons. The number of halogens is 1. The number of hydrogen-bond acceptors (Lipinski definition) is 2. The Morgan fingerprint density at radius 2 is 1.61 bits per heavy atom. The lowest BCUT2D eigenvalue weighted by atomic mass is 10.0. The zero-order valence-corrected chi connectivity index (χ0v) is 14.2. The molecule has 1 heterocycles. The quantitative estimate of drug-likeness (QED) is 0.413. The Labute approximate surface area is 124 Å². The van der Waals surface area contributed by atoms with Crippen molar-refractivity contribution in [2.75, 3.05) is 20.7 Å². The van der Waals surface area contributed by atoms with Crippen LogP contribution >= 0.6 is 17.0 Å². The second kappa shape index (κ2) is 11.2. The van der Waals surface area contributed by atoms with Crippen LogP contribution in [0.2, 0.25) is 0 Å². The molecular weight excluding hydrogens is 290 g/mol. The second-order valence-corrected chi connectivity index (χ2v) is 5.72. The molecular formula is C15H32BrNO. The molecule has 2 unspecified atom stereocenters. The molecule has 0 N–H and O–H groups in total. The van der Waals surface area contributed by atoms with Crippen molar-refractivity contribution in [3.8, 4) is 0 Å². The molecule has 1 aliphatic heterocycles. The first-order valence-corrected chi connectivity index (χ1v) is 7.52. The van der Waals surface area contributed by atoms with Crippen LogP contribution in [0.4, 0.5) is 0 Å². The number of epoxide rings is 1. The largest absolute Gasteiger partial charge is 0.373 e. The van der Waals surface area contributed by atoms with Crippen LogP contribution in [0.5, 0.6) is 0 Å². The first-order chi connectivity index (χ1) is 8.24. The topological polar surface area (TPSA) is 15.8 Å². The molecule has 3 heteroatoms. The Morgan fingerprint density at radius 3 is 2.11 bits per heavy atom. The van der Waals surface area contributed by atoms with Crippen molar-refractivity contribution >= 4 is 17.0 Å². The SMILES string of the molecule is Br.CCCCCCCCCC(CC1CO1)N(C)C. The van der Waals surface area contributed by atoms with E-state index >= 15 is 0 Å². The third kappa shape index (κ3) is 9.35. The van der Waals surface area contributed by atoms with E-state index in [2.05, 4.69) is 25.9 Å². The van der Waals surface area contributed by atoms with Crippen molar-refractivity contribution in [1.82, 2.24) is 4.90 Å². The highest BCUT2D eigenvalue weighted by atomic mass is 79.9. The summed E-state index contributed by atoms with van der Waals surface area (Å²) in [5, 5.41) is 0. The van der Waals surface area contributed by atoms with Crippen LogP contribution in [0.15, 0.2) is 0 Å². The Hall–Kier alpha value is 0.400. The fourth-order valence-corrected chi connectivity index (χ4v) is 2.43. The van der Waals surface area contributed by atoms with Gasteiger partial charge in [-0.1, -0.05) is 51.9 Å². The molecule has 18 heavy (non-hydrogen) atoms. The van der Waals surface area contributed by atoms with Gasteiger partial charge in [0.05, 0.1) is 12.7 Å². The lowest BCUT2D eigenvalue weighted by molar-refractivity contribution is 0.235. The second-order valence-electron chi connectivity index (χ2n) is 5.72. The van der Waals surface area contributed by atoms with Gasteiger partial charge in [-0.25, -0.2) is 0 Å². The smallest absolute Gasteiger partial charge is 0.0824 e. The van der Waals surface area contributed by atoms with Crippen molar-refractivity contribution in [1.29, 1.82) is 0 Å². The summed E-state index contributed by atoms with van der Waals surface area (Å²) < 4.78 is 5.33. The van der Waals surface area contributed by atoms with Gasteiger partial charge in [-0.15, -0.1) is 17.0 Å². The Morgan fingerprint density at radius 1 is 1.06 bits per heavy atom. The Bertz CT molecular complexity index is 183. The normalized spacial score (nSPS) is 19.7. The molecule has 1 aliphatic rings. The highest BCUT2D eigenvalue weighted by molar-refractivity contribution is 8.93. The zero-order valence-electron chi connectivity index (χ0n) is 12.5. The maximum atomic E-state index is 5.33. The molecule has 0 saturated carbocycles. The van der Waals surface area contributed by atoms with Crippen molar-refractivity contribution < 1.29 is 4.74 Å². The van der Waals surface area contributed by atoms with Crippen molar-refractivity contribution in [3.63, 3.8) is 0 Å². The molecule has 0 aromatic heterocycles. The fourth-order valence-electron chi connectivity index (χ4n) is 2.43. The van der Waals surface area contributed by atoms with E-state index in [0.29, 0.717) is 6.10 Å². The fraction of sp³-hybridized carbons (Fsp3) is 1.00. The summed E-state index contributed by atoms with van der Waals surface area (Å²) in [5.41, 5.74) is 0. The molecule has 2 atom stereocenters. The maximum absolute atomic E-state index is 5.33. The molecule has 1 fully saturated rings. The summed E-state index contributed by atoms with van der Waals surface area (Å²) in [6.45, 7) is 3.28. The van der Waals surface area contributed by atoms with Gasteiger partial charge in [0.25, 0.3) is 0 Å². The lowest BCUT2D eigenvalue weighted by Crippen LogP contribution is -2.29. The van der Waals surface area contributed by atoms with Crippen molar-refractivity contribution in [3.05, 3.63) is 0 Å². The number of unbranched alkanes of at least 4 members (excludes halogenated alkanes) is 6. The van der Waals surface area contributed by atoms with E-state index in [1.54, 1.807) is 0 Å². The van der Waals surface area contributed by atoms with Gasteiger partial charge < -0.3 is 9.64 Å². The Balaban J connectivity index is 0.00000289. The summed E-state index contributed by atoms with van der Waals surface area (Å²) in [5.74, 6) is 0. The van der Waals surface area contributed by atoms with E-state index in [0.717, 1.165) is 12.6 Å². The van der Waals surface area contributed by atoms with Gasteiger partial charge in [0.1, 0.15) is 0 Å². The van der Waals surface area contributed by atoms with Gasteiger partial charge in [0.2, 0.25) is 0 Å². The Kier molecular flexibility index (Phi) is 11.5. The first kappa shape index (κ1) is 18.4. The minimum Gasteiger partial charge on any atom is -0.373 e. The summed E-state index contributed by atoms with van der Waals surface area (Å²) in [6.07, 6.45) is 13.0. The molecule has 2 nitrogen and oxygen atoms in total. The summed E-state index contributed by atoms with van der Waals surface area (Å²) >= 11 is 0. The molecule has 0 aromatic carbocycles. The summed E-state index contributed by atoms with van der Waals surface area (Å²) in [6, 6.07) is 0.734. The van der Waals surface area contributed by atoms with Gasteiger partial charge in [-0.2, -0.15) is 0 Å². The van der Waals surface area contributed by atoms with Crippen LogP contribution in [0.25, 0.3) is 0 Å². The maximum Gasteiger partial charge on any atom is 0.0824 e. The van der Waals surface area contributed by atoms with Crippen molar-refractivity contribution in [2.24, 2.45) is 0 Å². The van der Waals surface area contributed by atoms with Crippen LogP contribution in [0.1, 0.15) is 64.7 Å². The van der Waals surface area contributed by atoms with E-state index in [4.69, 9.17) is 4.74 Å². The van der Waals surface area contributed by atoms with Crippen LogP contribution in [0, 0.1) is 0 Å². The average molecular weight is 322 g/mol. The highest BCUT2D eigenvalue weighted by Gasteiger charge is 2.27. The first-order valence-electron chi connectivity index (χ1n) is 7.52. The molecule has 0 amide bonds. The van der Waals surface area contributed by atoms with Crippen molar-refractivity contribution in [2.45, 2.75) is 76.9 Å².